The summed E-state index contributed by atoms with van der Waals surface area (Å²) >= 11 is 0. The molecule has 0 atom stereocenters. The van der Waals surface area contributed by atoms with Gasteiger partial charge in [0.2, 0.25) is 0 Å². The lowest BCUT2D eigenvalue weighted by Crippen LogP contribution is -2.10. The van der Waals surface area contributed by atoms with Crippen molar-refractivity contribution in [2.45, 2.75) is 6.18 Å². The van der Waals surface area contributed by atoms with Crippen molar-refractivity contribution in [3.63, 3.8) is 0 Å². The van der Waals surface area contributed by atoms with E-state index in [4.69, 9.17) is 15.0 Å². The normalized spacial score (nSPS) is 12.0. The van der Waals surface area contributed by atoms with Crippen molar-refractivity contribution < 1.29 is 22.4 Å². The van der Waals surface area contributed by atoms with Gasteiger partial charge in [-0.05, 0) is 23.4 Å². The Bertz CT molecular complexity index is 522. The molecule has 0 aliphatic rings. The van der Waals surface area contributed by atoms with Crippen LogP contribution in [0.5, 0.6) is 5.88 Å². The molecule has 0 unspecified atom stereocenters. The number of ether oxygens (including phenoxy) is 1. The SMILES string of the molecule is NCCOc1noc2ccc(C(F)(F)F)cc12. The van der Waals surface area contributed by atoms with E-state index in [0.717, 1.165) is 12.1 Å². The highest BCUT2D eigenvalue weighted by Crippen LogP contribution is 2.34. The van der Waals surface area contributed by atoms with Gasteiger partial charge in [-0.25, -0.2) is 0 Å². The van der Waals surface area contributed by atoms with E-state index in [-0.39, 0.29) is 30.0 Å². The van der Waals surface area contributed by atoms with Gasteiger partial charge in [0.05, 0.1) is 10.9 Å². The van der Waals surface area contributed by atoms with Crippen LogP contribution < -0.4 is 10.5 Å². The summed E-state index contributed by atoms with van der Waals surface area (Å²) in [5.41, 5.74) is 4.69. The maximum absolute atomic E-state index is 12.5. The van der Waals surface area contributed by atoms with Gasteiger partial charge >= 0.3 is 6.18 Å². The molecule has 92 valence electrons. The summed E-state index contributed by atoms with van der Waals surface area (Å²) in [6, 6.07) is 3.08. The Morgan fingerprint density at radius 3 is 2.76 bits per heavy atom. The van der Waals surface area contributed by atoms with Crippen molar-refractivity contribution in [1.82, 2.24) is 5.16 Å². The molecule has 2 aromatic rings. The summed E-state index contributed by atoms with van der Waals surface area (Å²) in [5, 5.41) is 3.72. The van der Waals surface area contributed by atoms with Crippen LogP contribution in [-0.4, -0.2) is 18.3 Å². The van der Waals surface area contributed by atoms with Crippen molar-refractivity contribution in [3.8, 4) is 5.88 Å². The number of nitrogens with two attached hydrogens (primary N) is 1. The smallest absolute Gasteiger partial charge is 0.416 e. The molecule has 0 aliphatic heterocycles. The Balaban J connectivity index is 2.43. The second-order valence-corrected chi connectivity index (χ2v) is 3.33. The largest absolute Gasteiger partial charge is 0.474 e. The van der Waals surface area contributed by atoms with E-state index in [1.807, 2.05) is 0 Å². The molecule has 2 N–H and O–H groups in total. The minimum absolute atomic E-state index is 0.0246. The van der Waals surface area contributed by atoms with Crippen molar-refractivity contribution in [2.75, 3.05) is 13.2 Å². The first kappa shape index (κ1) is 11.7. The number of hydrogen-bond acceptors (Lipinski definition) is 4. The van der Waals surface area contributed by atoms with Crippen LogP contribution in [0, 0.1) is 0 Å². The lowest BCUT2D eigenvalue weighted by molar-refractivity contribution is -0.137. The molecule has 1 aromatic heterocycles. The van der Waals surface area contributed by atoms with Gasteiger partial charge in [0, 0.05) is 6.54 Å². The Hall–Kier alpha value is -1.76. The minimum atomic E-state index is -4.41. The highest BCUT2D eigenvalue weighted by Gasteiger charge is 2.31. The van der Waals surface area contributed by atoms with Crippen LogP contribution in [0.2, 0.25) is 0 Å². The number of benzene rings is 1. The molecule has 0 amide bonds. The molecular weight excluding hydrogens is 237 g/mol. The predicted molar refractivity (Wildman–Crippen MR) is 53.6 cm³/mol. The molecule has 17 heavy (non-hydrogen) atoms. The molecule has 0 radical (unpaired) electrons. The van der Waals surface area contributed by atoms with E-state index >= 15 is 0 Å². The summed E-state index contributed by atoms with van der Waals surface area (Å²) in [7, 11) is 0. The number of hydrogen-bond donors (Lipinski definition) is 1. The topological polar surface area (TPSA) is 61.3 Å². The highest BCUT2D eigenvalue weighted by atomic mass is 19.4. The molecular formula is C10H9F3N2O2. The van der Waals surface area contributed by atoms with Gasteiger partial charge in [-0.15, -0.1) is 0 Å². The summed E-state index contributed by atoms with van der Waals surface area (Å²) in [5.74, 6) is 0.0246. The number of fused-ring (bicyclic) bond motifs is 1. The van der Waals surface area contributed by atoms with Crippen molar-refractivity contribution in [2.24, 2.45) is 5.73 Å². The lowest BCUT2D eigenvalue weighted by atomic mass is 10.1. The average Bonchev–Trinajstić information content (AvgIpc) is 2.67. The molecule has 0 fully saturated rings. The zero-order valence-electron chi connectivity index (χ0n) is 8.62. The number of aromatic nitrogens is 1. The van der Waals surface area contributed by atoms with E-state index in [9.17, 15) is 13.2 Å². The first-order chi connectivity index (χ1) is 8.02. The van der Waals surface area contributed by atoms with Crippen LogP contribution in [0.3, 0.4) is 0 Å². The van der Waals surface area contributed by atoms with Gasteiger partial charge in [0.25, 0.3) is 5.88 Å². The van der Waals surface area contributed by atoms with Crippen LogP contribution in [0.25, 0.3) is 11.0 Å². The molecule has 7 heteroatoms. The van der Waals surface area contributed by atoms with E-state index in [1.165, 1.54) is 6.07 Å². The Morgan fingerprint density at radius 1 is 1.35 bits per heavy atom. The fourth-order valence-corrected chi connectivity index (χ4v) is 1.35. The molecule has 1 heterocycles. The maximum atomic E-state index is 12.5. The van der Waals surface area contributed by atoms with E-state index < -0.39 is 11.7 Å². The molecule has 0 bridgehead atoms. The summed E-state index contributed by atoms with van der Waals surface area (Å²) in [6.45, 7) is 0.408. The zero-order chi connectivity index (χ0) is 12.5. The number of alkyl halides is 3. The predicted octanol–water partition coefficient (Wildman–Crippen LogP) is 2.18. The molecule has 0 spiro atoms. The molecule has 0 saturated heterocycles. The van der Waals surface area contributed by atoms with Crippen molar-refractivity contribution >= 4 is 11.0 Å². The Morgan fingerprint density at radius 2 is 2.12 bits per heavy atom. The highest BCUT2D eigenvalue weighted by molar-refractivity contribution is 5.82. The lowest BCUT2D eigenvalue weighted by Gasteiger charge is -2.05. The minimum Gasteiger partial charge on any atom is -0.474 e. The standard InChI is InChI=1S/C10H9F3N2O2/c11-10(12,13)6-1-2-8-7(5-6)9(15-17-8)16-4-3-14/h1-2,5H,3-4,14H2. The quantitative estimate of drug-likeness (QED) is 0.901. The Kier molecular flexibility index (Phi) is 2.93. The van der Waals surface area contributed by atoms with E-state index in [2.05, 4.69) is 5.16 Å². The van der Waals surface area contributed by atoms with Gasteiger partial charge in [0.15, 0.2) is 5.58 Å². The molecule has 2 rings (SSSR count). The van der Waals surface area contributed by atoms with Gasteiger partial charge in [-0.3, -0.25) is 0 Å². The van der Waals surface area contributed by atoms with Crippen molar-refractivity contribution in [3.05, 3.63) is 23.8 Å². The first-order valence-corrected chi connectivity index (χ1v) is 4.82. The Labute approximate surface area is 94.1 Å². The van der Waals surface area contributed by atoms with Gasteiger partial charge in [-0.1, -0.05) is 0 Å². The van der Waals surface area contributed by atoms with Gasteiger partial charge < -0.3 is 15.0 Å². The summed E-state index contributed by atoms with van der Waals surface area (Å²) in [6.07, 6.45) is -4.41. The third kappa shape index (κ3) is 2.33. The average molecular weight is 246 g/mol. The first-order valence-electron chi connectivity index (χ1n) is 4.82. The zero-order valence-corrected chi connectivity index (χ0v) is 8.62. The van der Waals surface area contributed by atoms with Crippen LogP contribution >= 0.6 is 0 Å². The monoisotopic (exact) mass is 246 g/mol. The summed E-state index contributed by atoms with van der Waals surface area (Å²) in [4.78, 5) is 0. The van der Waals surface area contributed by atoms with Crippen LogP contribution in [-0.2, 0) is 6.18 Å². The van der Waals surface area contributed by atoms with Gasteiger partial charge in [-0.2, -0.15) is 13.2 Å². The number of halogens is 3. The third-order valence-corrected chi connectivity index (χ3v) is 2.12. The maximum Gasteiger partial charge on any atom is 0.416 e. The third-order valence-electron chi connectivity index (χ3n) is 2.12. The molecule has 0 aliphatic carbocycles. The molecule has 4 nitrogen and oxygen atoms in total. The van der Waals surface area contributed by atoms with Crippen LogP contribution in [0.15, 0.2) is 22.7 Å². The van der Waals surface area contributed by atoms with Crippen LogP contribution in [0.4, 0.5) is 13.2 Å². The number of nitrogens with zero attached hydrogens (tertiary/aromatic N) is 1. The van der Waals surface area contributed by atoms with Gasteiger partial charge in [0.1, 0.15) is 6.61 Å². The number of rotatable bonds is 3. The van der Waals surface area contributed by atoms with E-state index in [0.29, 0.717) is 0 Å². The molecule has 1 aromatic carbocycles. The second-order valence-electron chi connectivity index (χ2n) is 3.33. The molecule has 0 saturated carbocycles. The van der Waals surface area contributed by atoms with E-state index in [1.54, 1.807) is 0 Å². The summed E-state index contributed by atoms with van der Waals surface area (Å²) < 4.78 is 47.4. The van der Waals surface area contributed by atoms with Crippen molar-refractivity contribution in [1.29, 1.82) is 0 Å². The van der Waals surface area contributed by atoms with Crippen LogP contribution in [0.1, 0.15) is 5.56 Å². The second kappa shape index (κ2) is 4.25. The fraction of sp³-hybridized carbons (Fsp3) is 0.300. The fourth-order valence-electron chi connectivity index (χ4n) is 1.35.